The highest BCUT2D eigenvalue weighted by Gasteiger charge is 2.36. The second-order valence-corrected chi connectivity index (χ2v) is 9.51. The summed E-state index contributed by atoms with van der Waals surface area (Å²) in [5.74, 6) is 0.00113. The zero-order valence-corrected chi connectivity index (χ0v) is 17.0. The minimum absolute atomic E-state index is 0.0909. The number of rotatable bonds is 3. The van der Waals surface area contributed by atoms with Gasteiger partial charge in [-0.25, -0.2) is 8.42 Å². The van der Waals surface area contributed by atoms with Crippen LogP contribution in [0.4, 0.5) is 5.69 Å². The van der Waals surface area contributed by atoms with Crippen LogP contribution in [0.1, 0.15) is 30.0 Å². The van der Waals surface area contributed by atoms with E-state index < -0.39 is 16.1 Å². The summed E-state index contributed by atoms with van der Waals surface area (Å²) in [5, 5.41) is 3.45. The number of fused-ring (bicyclic) bond motifs is 2. The van der Waals surface area contributed by atoms with Gasteiger partial charge in [0.25, 0.3) is 5.91 Å². The number of carbonyl (C=O) groups excluding carboxylic acids is 1. The van der Waals surface area contributed by atoms with Crippen molar-refractivity contribution in [2.45, 2.75) is 31.4 Å². The minimum atomic E-state index is -3.59. The van der Waals surface area contributed by atoms with Crippen molar-refractivity contribution in [1.82, 2.24) is 5.32 Å². The quantitative estimate of drug-likeness (QED) is 0.828. The number of halogens is 1. The van der Waals surface area contributed by atoms with E-state index in [-0.39, 0.29) is 18.5 Å². The molecule has 0 saturated carbocycles. The van der Waals surface area contributed by atoms with E-state index in [2.05, 4.69) is 11.4 Å². The van der Waals surface area contributed by atoms with Crippen molar-refractivity contribution >= 4 is 33.2 Å². The van der Waals surface area contributed by atoms with Crippen LogP contribution in [-0.2, 0) is 21.2 Å². The van der Waals surface area contributed by atoms with Gasteiger partial charge in [0.2, 0.25) is 10.0 Å². The Balaban J connectivity index is 1.58. The number of carbonyl (C=O) groups is 1. The molecule has 0 fully saturated rings. The van der Waals surface area contributed by atoms with Gasteiger partial charge in [0.1, 0.15) is 5.75 Å². The molecule has 2 aromatic carbocycles. The molecule has 6 nitrogen and oxygen atoms in total. The molecule has 2 atom stereocenters. The van der Waals surface area contributed by atoms with Crippen molar-refractivity contribution in [3.63, 3.8) is 0 Å². The van der Waals surface area contributed by atoms with Crippen molar-refractivity contribution < 1.29 is 17.9 Å². The number of benzene rings is 2. The van der Waals surface area contributed by atoms with Gasteiger partial charge in [0.05, 0.1) is 24.5 Å². The van der Waals surface area contributed by atoms with Crippen LogP contribution >= 0.6 is 11.6 Å². The smallest absolute Gasteiger partial charge is 0.263 e. The molecule has 1 amide bonds. The van der Waals surface area contributed by atoms with Crippen molar-refractivity contribution in [2.75, 3.05) is 17.1 Å². The van der Waals surface area contributed by atoms with Crippen molar-refractivity contribution in [1.29, 1.82) is 0 Å². The van der Waals surface area contributed by atoms with Gasteiger partial charge in [-0.3, -0.25) is 9.10 Å². The third kappa shape index (κ3) is 3.69. The van der Waals surface area contributed by atoms with Gasteiger partial charge in [0.15, 0.2) is 6.10 Å². The number of ether oxygens (including phenoxy) is 1. The first kappa shape index (κ1) is 19.1. The lowest BCUT2D eigenvalue weighted by Gasteiger charge is -2.35. The lowest BCUT2D eigenvalue weighted by molar-refractivity contribution is -0.128. The molecular formula is C20H21ClN2O4S. The predicted molar refractivity (Wildman–Crippen MR) is 108 cm³/mol. The lowest BCUT2D eigenvalue weighted by Crippen LogP contribution is -2.51. The molecule has 2 unspecified atom stereocenters. The van der Waals surface area contributed by atoms with E-state index in [4.69, 9.17) is 16.3 Å². The van der Waals surface area contributed by atoms with Gasteiger partial charge in [-0.2, -0.15) is 0 Å². The van der Waals surface area contributed by atoms with E-state index in [0.29, 0.717) is 16.5 Å². The summed E-state index contributed by atoms with van der Waals surface area (Å²) in [4.78, 5) is 12.9. The maximum atomic E-state index is 12.9. The van der Waals surface area contributed by atoms with Crippen LogP contribution in [0.15, 0.2) is 42.5 Å². The number of anilines is 1. The predicted octanol–water partition coefficient (Wildman–Crippen LogP) is 3.06. The highest BCUT2D eigenvalue weighted by molar-refractivity contribution is 7.92. The van der Waals surface area contributed by atoms with Crippen LogP contribution in [-0.4, -0.2) is 33.2 Å². The Morgan fingerprint density at radius 1 is 1.25 bits per heavy atom. The van der Waals surface area contributed by atoms with Crippen molar-refractivity contribution in [3.8, 4) is 5.75 Å². The molecule has 28 heavy (non-hydrogen) atoms. The zero-order chi connectivity index (χ0) is 19.9. The number of hydrogen-bond donors (Lipinski definition) is 1. The number of aryl methyl sites for hydroxylation is 1. The summed E-state index contributed by atoms with van der Waals surface area (Å²) in [6.45, 7) is -0.0909. The van der Waals surface area contributed by atoms with Crippen LogP contribution in [0.3, 0.4) is 0 Å². The Bertz CT molecular complexity index is 1020. The van der Waals surface area contributed by atoms with E-state index in [1.807, 2.05) is 18.2 Å². The summed E-state index contributed by atoms with van der Waals surface area (Å²) in [7, 11) is -3.59. The SMILES string of the molecule is CS(=O)(=O)N1CC(C(=O)NC2CCCc3ccccc32)Oc2ccc(Cl)cc21. The van der Waals surface area contributed by atoms with Crippen LogP contribution < -0.4 is 14.4 Å². The Morgan fingerprint density at radius 3 is 2.82 bits per heavy atom. The Hall–Kier alpha value is -2.25. The molecule has 0 spiro atoms. The van der Waals surface area contributed by atoms with E-state index in [9.17, 15) is 13.2 Å². The van der Waals surface area contributed by atoms with Crippen LogP contribution in [0.2, 0.25) is 5.02 Å². The van der Waals surface area contributed by atoms with Gasteiger partial charge >= 0.3 is 0 Å². The molecule has 1 heterocycles. The van der Waals surface area contributed by atoms with Gasteiger partial charge < -0.3 is 10.1 Å². The van der Waals surface area contributed by atoms with Crippen LogP contribution in [0.5, 0.6) is 5.75 Å². The normalized spacial score (nSPS) is 21.3. The average molecular weight is 421 g/mol. The molecule has 1 N–H and O–H groups in total. The van der Waals surface area contributed by atoms with Gasteiger partial charge in [-0.05, 0) is 48.6 Å². The van der Waals surface area contributed by atoms with Crippen molar-refractivity contribution in [2.24, 2.45) is 0 Å². The van der Waals surface area contributed by atoms with Crippen molar-refractivity contribution in [3.05, 3.63) is 58.6 Å². The first-order chi connectivity index (χ1) is 13.3. The van der Waals surface area contributed by atoms with Gasteiger partial charge in [-0.1, -0.05) is 35.9 Å². The third-order valence-electron chi connectivity index (χ3n) is 5.17. The van der Waals surface area contributed by atoms with E-state index in [0.717, 1.165) is 31.1 Å². The first-order valence-corrected chi connectivity index (χ1v) is 11.4. The average Bonchev–Trinajstić information content (AvgIpc) is 2.66. The molecule has 0 saturated heterocycles. The fraction of sp³-hybridized carbons (Fsp3) is 0.350. The summed E-state index contributed by atoms with van der Waals surface area (Å²) >= 11 is 6.01. The second-order valence-electron chi connectivity index (χ2n) is 7.16. The second kappa shape index (κ2) is 7.29. The topological polar surface area (TPSA) is 75.7 Å². The van der Waals surface area contributed by atoms with E-state index in [1.165, 1.54) is 15.9 Å². The highest BCUT2D eigenvalue weighted by Crippen LogP contribution is 2.37. The maximum Gasteiger partial charge on any atom is 0.263 e. The summed E-state index contributed by atoms with van der Waals surface area (Å²) in [5.41, 5.74) is 2.70. The Morgan fingerprint density at radius 2 is 2.04 bits per heavy atom. The number of sulfonamides is 1. The molecule has 2 aliphatic rings. The van der Waals surface area contributed by atoms with Gasteiger partial charge in [-0.15, -0.1) is 0 Å². The van der Waals surface area contributed by atoms with Crippen LogP contribution in [0.25, 0.3) is 0 Å². The molecule has 1 aliphatic carbocycles. The molecule has 148 valence electrons. The Labute approximate surface area is 169 Å². The molecular weight excluding hydrogens is 400 g/mol. The summed E-state index contributed by atoms with van der Waals surface area (Å²) in [6, 6.07) is 12.7. The monoisotopic (exact) mass is 420 g/mol. The minimum Gasteiger partial charge on any atom is -0.476 e. The molecule has 0 radical (unpaired) electrons. The maximum absolute atomic E-state index is 12.9. The largest absolute Gasteiger partial charge is 0.476 e. The molecule has 1 aliphatic heterocycles. The standard InChI is InChI=1S/C20H21ClN2O4S/c1-28(25,26)23-12-19(27-18-10-9-14(21)11-17(18)23)20(24)22-16-8-4-6-13-5-2-3-7-15(13)16/h2-3,5,7,9-11,16,19H,4,6,8,12H2,1H3,(H,22,24). The lowest BCUT2D eigenvalue weighted by atomic mass is 9.87. The van der Waals surface area contributed by atoms with E-state index >= 15 is 0 Å². The third-order valence-corrected chi connectivity index (χ3v) is 6.55. The number of nitrogens with zero attached hydrogens (tertiary/aromatic N) is 1. The number of nitrogens with one attached hydrogen (secondary N) is 1. The summed E-state index contributed by atoms with van der Waals surface area (Å²) < 4.78 is 31.6. The van der Waals surface area contributed by atoms with E-state index in [1.54, 1.807) is 12.1 Å². The fourth-order valence-corrected chi connectivity index (χ4v) is 4.92. The number of amides is 1. The summed E-state index contributed by atoms with van der Waals surface area (Å²) in [6.07, 6.45) is 3.01. The highest BCUT2D eigenvalue weighted by atomic mass is 35.5. The molecule has 8 heteroatoms. The molecule has 0 aromatic heterocycles. The molecule has 2 aromatic rings. The molecule has 0 bridgehead atoms. The molecule has 4 rings (SSSR count). The van der Waals surface area contributed by atoms with Gasteiger partial charge in [0, 0.05) is 5.02 Å². The Kier molecular flexibility index (Phi) is 4.97. The number of hydrogen-bond acceptors (Lipinski definition) is 4. The zero-order valence-electron chi connectivity index (χ0n) is 15.4. The van der Waals surface area contributed by atoms with Crippen LogP contribution in [0, 0.1) is 0 Å². The fourth-order valence-electron chi connectivity index (χ4n) is 3.84. The first-order valence-electron chi connectivity index (χ1n) is 9.15.